The molecule has 0 spiro atoms. The topological polar surface area (TPSA) is 0 Å². The molecule has 1 aliphatic rings. The number of hydrogen-bond donors (Lipinski definition) is 0. The van der Waals surface area contributed by atoms with Crippen molar-refractivity contribution in [2.24, 2.45) is 5.92 Å². The summed E-state index contributed by atoms with van der Waals surface area (Å²) in [5, 5.41) is 0. The predicted octanol–water partition coefficient (Wildman–Crippen LogP) is 3.79. The lowest BCUT2D eigenvalue weighted by molar-refractivity contribution is 0.314. The first-order valence-electron chi connectivity index (χ1n) is 4.59. The van der Waals surface area contributed by atoms with Crippen LogP contribution in [0.3, 0.4) is 0 Å². The summed E-state index contributed by atoms with van der Waals surface area (Å²) in [6.45, 7) is 0. The first-order valence-corrected chi connectivity index (χ1v) is 5.38. The van der Waals surface area contributed by atoms with Gasteiger partial charge in [-0.1, -0.05) is 47.3 Å². The second-order valence-electron chi connectivity index (χ2n) is 3.63. The summed E-state index contributed by atoms with van der Waals surface area (Å²) in [5.74, 6) is 0.978. The average molecular weight is 225 g/mol. The fraction of sp³-hybridized carbons (Fsp3) is 0.455. The molecule has 1 heteroatoms. The van der Waals surface area contributed by atoms with Crippen molar-refractivity contribution in [3.05, 3.63) is 34.3 Å². The van der Waals surface area contributed by atoms with Gasteiger partial charge in [0.25, 0.3) is 0 Å². The van der Waals surface area contributed by atoms with E-state index in [4.69, 9.17) is 0 Å². The van der Waals surface area contributed by atoms with E-state index in [0.717, 1.165) is 5.92 Å². The Balaban J connectivity index is 1.98. The van der Waals surface area contributed by atoms with Crippen LogP contribution in [0, 0.1) is 5.92 Å². The third kappa shape index (κ3) is 1.89. The normalized spacial score (nSPS) is 17.4. The molecule has 2 rings (SSSR count). The Labute approximate surface area is 82.1 Å². The van der Waals surface area contributed by atoms with Gasteiger partial charge in [0.2, 0.25) is 0 Å². The molecular formula is C11H13Br. The Bertz CT molecular complexity index is 246. The number of halogens is 1. The smallest absolute Gasteiger partial charge is 0.0175 e. The molecule has 0 nitrogen and oxygen atoms in total. The molecule has 1 aromatic rings. The minimum Gasteiger partial charge on any atom is -0.0579 e. The van der Waals surface area contributed by atoms with E-state index in [1.807, 2.05) is 0 Å². The van der Waals surface area contributed by atoms with Gasteiger partial charge in [-0.2, -0.15) is 0 Å². The highest BCUT2D eigenvalue weighted by Gasteiger charge is 2.17. The molecule has 0 atom stereocenters. The SMILES string of the molecule is Brc1ccc(CC2CCC2)cc1. The molecule has 0 heterocycles. The number of benzene rings is 1. The number of rotatable bonds is 2. The van der Waals surface area contributed by atoms with Crippen molar-refractivity contribution in [3.63, 3.8) is 0 Å². The fourth-order valence-electron chi connectivity index (χ4n) is 1.65. The third-order valence-corrected chi connectivity index (χ3v) is 3.19. The zero-order valence-corrected chi connectivity index (χ0v) is 8.68. The monoisotopic (exact) mass is 224 g/mol. The van der Waals surface area contributed by atoms with Crippen molar-refractivity contribution in [2.45, 2.75) is 25.7 Å². The standard InChI is InChI=1S/C11H13Br/c12-11-6-4-10(5-7-11)8-9-2-1-3-9/h4-7,9H,1-3,8H2. The molecule has 0 saturated heterocycles. The lowest BCUT2D eigenvalue weighted by Gasteiger charge is -2.25. The van der Waals surface area contributed by atoms with Crippen LogP contribution in [0.15, 0.2) is 28.7 Å². The molecule has 1 saturated carbocycles. The summed E-state index contributed by atoms with van der Waals surface area (Å²) < 4.78 is 1.18. The second kappa shape index (κ2) is 3.61. The van der Waals surface area contributed by atoms with E-state index in [1.165, 1.54) is 35.7 Å². The molecule has 0 bridgehead atoms. The first-order chi connectivity index (χ1) is 5.84. The zero-order chi connectivity index (χ0) is 8.39. The van der Waals surface area contributed by atoms with E-state index >= 15 is 0 Å². The molecule has 64 valence electrons. The molecule has 0 radical (unpaired) electrons. The zero-order valence-electron chi connectivity index (χ0n) is 7.09. The van der Waals surface area contributed by atoms with Crippen molar-refractivity contribution >= 4 is 15.9 Å². The van der Waals surface area contributed by atoms with E-state index in [1.54, 1.807) is 0 Å². The van der Waals surface area contributed by atoms with Gasteiger partial charge in [0.15, 0.2) is 0 Å². The Kier molecular flexibility index (Phi) is 2.50. The lowest BCUT2D eigenvalue weighted by Crippen LogP contribution is -2.13. The maximum atomic E-state index is 3.44. The Hall–Kier alpha value is -0.300. The molecule has 0 unspecified atom stereocenters. The van der Waals surface area contributed by atoms with E-state index in [2.05, 4.69) is 40.2 Å². The van der Waals surface area contributed by atoms with Gasteiger partial charge in [0.1, 0.15) is 0 Å². The van der Waals surface area contributed by atoms with Gasteiger partial charge < -0.3 is 0 Å². The van der Waals surface area contributed by atoms with Crippen LogP contribution < -0.4 is 0 Å². The summed E-state index contributed by atoms with van der Waals surface area (Å²) in [7, 11) is 0. The van der Waals surface area contributed by atoms with Gasteiger partial charge in [-0.25, -0.2) is 0 Å². The van der Waals surface area contributed by atoms with Gasteiger partial charge in [0, 0.05) is 4.47 Å². The lowest BCUT2D eigenvalue weighted by atomic mass is 9.81. The quantitative estimate of drug-likeness (QED) is 0.718. The molecule has 0 amide bonds. The van der Waals surface area contributed by atoms with Gasteiger partial charge >= 0.3 is 0 Å². The first kappa shape index (κ1) is 8.31. The molecule has 1 aromatic carbocycles. The highest BCUT2D eigenvalue weighted by atomic mass is 79.9. The van der Waals surface area contributed by atoms with Crippen molar-refractivity contribution in [2.75, 3.05) is 0 Å². The molecule has 1 aliphatic carbocycles. The molecular weight excluding hydrogens is 212 g/mol. The van der Waals surface area contributed by atoms with E-state index in [-0.39, 0.29) is 0 Å². The summed E-state index contributed by atoms with van der Waals surface area (Å²) in [6, 6.07) is 8.72. The Morgan fingerprint density at radius 1 is 1.17 bits per heavy atom. The number of hydrogen-bond acceptors (Lipinski definition) is 0. The third-order valence-electron chi connectivity index (χ3n) is 2.66. The second-order valence-corrected chi connectivity index (χ2v) is 4.54. The van der Waals surface area contributed by atoms with E-state index < -0.39 is 0 Å². The van der Waals surface area contributed by atoms with Crippen molar-refractivity contribution < 1.29 is 0 Å². The minimum atomic E-state index is 0.978. The maximum absolute atomic E-state index is 3.44. The van der Waals surface area contributed by atoms with E-state index in [0.29, 0.717) is 0 Å². The van der Waals surface area contributed by atoms with Crippen molar-refractivity contribution in [1.82, 2.24) is 0 Å². The van der Waals surface area contributed by atoms with Crippen molar-refractivity contribution in [1.29, 1.82) is 0 Å². The van der Waals surface area contributed by atoms with Gasteiger partial charge in [-0.15, -0.1) is 0 Å². The largest absolute Gasteiger partial charge is 0.0579 e. The minimum absolute atomic E-state index is 0.978. The highest BCUT2D eigenvalue weighted by molar-refractivity contribution is 9.10. The van der Waals surface area contributed by atoms with Crippen LogP contribution in [0.1, 0.15) is 24.8 Å². The van der Waals surface area contributed by atoms with Gasteiger partial charge in [0.05, 0.1) is 0 Å². The van der Waals surface area contributed by atoms with Crippen LogP contribution in [0.4, 0.5) is 0 Å². The highest BCUT2D eigenvalue weighted by Crippen LogP contribution is 2.29. The van der Waals surface area contributed by atoms with Crippen molar-refractivity contribution in [3.8, 4) is 0 Å². The summed E-state index contributed by atoms with van der Waals surface area (Å²) in [6.07, 6.45) is 5.61. The van der Waals surface area contributed by atoms with Crippen LogP contribution in [0.2, 0.25) is 0 Å². The predicted molar refractivity (Wildman–Crippen MR) is 55.2 cm³/mol. The molecule has 12 heavy (non-hydrogen) atoms. The van der Waals surface area contributed by atoms with Crippen LogP contribution in [0.25, 0.3) is 0 Å². The summed E-state index contributed by atoms with van der Waals surface area (Å²) in [4.78, 5) is 0. The van der Waals surface area contributed by atoms with Crippen LogP contribution >= 0.6 is 15.9 Å². The Morgan fingerprint density at radius 3 is 2.33 bits per heavy atom. The molecule has 0 N–H and O–H groups in total. The van der Waals surface area contributed by atoms with Gasteiger partial charge in [-0.3, -0.25) is 0 Å². The molecule has 0 aliphatic heterocycles. The van der Waals surface area contributed by atoms with E-state index in [9.17, 15) is 0 Å². The van der Waals surface area contributed by atoms with Crippen LogP contribution in [-0.2, 0) is 6.42 Å². The fourth-order valence-corrected chi connectivity index (χ4v) is 1.92. The average Bonchev–Trinajstić information content (AvgIpc) is 2.00. The summed E-state index contributed by atoms with van der Waals surface area (Å²) in [5.41, 5.74) is 1.49. The maximum Gasteiger partial charge on any atom is 0.0175 e. The Morgan fingerprint density at radius 2 is 1.83 bits per heavy atom. The van der Waals surface area contributed by atoms with Crippen LogP contribution in [0.5, 0.6) is 0 Å². The van der Waals surface area contributed by atoms with Crippen LogP contribution in [-0.4, -0.2) is 0 Å². The summed E-state index contributed by atoms with van der Waals surface area (Å²) >= 11 is 3.44. The molecule has 1 fully saturated rings. The molecule has 0 aromatic heterocycles. The van der Waals surface area contributed by atoms with Gasteiger partial charge in [-0.05, 0) is 30.0 Å².